The first-order chi connectivity index (χ1) is 12.6. The molecule has 2 aromatic carbocycles. The highest BCUT2D eigenvalue weighted by molar-refractivity contribution is 7.20. The van der Waals surface area contributed by atoms with Gasteiger partial charge in [0.05, 0.1) is 4.88 Å². The number of rotatable bonds is 4. The highest BCUT2D eigenvalue weighted by atomic mass is 32.1. The first kappa shape index (κ1) is 17.6. The lowest BCUT2D eigenvalue weighted by Crippen LogP contribution is -2.39. The number of thiophene rings is 1. The number of hydroxylamine groups is 1. The van der Waals surface area contributed by atoms with Gasteiger partial charge in [0.15, 0.2) is 0 Å². The molecule has 0 bridgehead atoms. The third-order valence-electron chi connectivity index (χ3n) is 3.62. The van der Waals surface area contributed by atoms with Crippen molar-refractivity contribution in [3.8, 4) is 0 Å². The number of benzene rings is 2. The van der Waals surface area contributed by atoms with E-state index in [-0.39, 0.29) is 6.54 Å². The van der Waals surface area contributed by atoms with Crippen molar-refractivity contribution in [3.05, 3.63) is 70.6 Å². The van der Waals surface area contributed by atoms with Crippen LogP contribution >= 0.6 is 11.3 Å². The zero-order chi connectivity index (χ0) is 18.5. The van der Waals surface area contributed by atoms with Crippen molar-refractivity contribution >= 4 is 39.3 Å². The van der Waals surface area contributed by atoms with Crippen molar-refractivity contribution in [2.45, 2.75) is 6.54 Å². The molecule has 8 heteroatoms. The van der Waals surface area contributed by atoms with Gasteiger partial charge in [-0.05, 0) is 41.3 Å². The van der Waals surface area contributed by atoms with Crippen LogP contribution in [0.2, 0.25) is 0 Å². The van der Waals surface area contributed by atoms with E-state index < -0.39 is 17.8 Å². The van der Waals surface area contributed by atoms with Gasteiger partial charge in [-0.15, -0.1) is 11.3 Å². The smallest absolute Gasteiger partial charge is 0.321 e. The van der Waals surface area contributed by atoms with Crippen LogP contribution in [0.1, 0.15) is 25.6 Å². The normalized spacial score (nSPS) is 10.3. The lowest BCUT2D eigenvalue weighted by atomic mass is 10.1. The van der Waals surface area contributed by atoms with E-state index in [1.54, 1.807) is 41.9 Å². The third kappa shape index (κ3) is 4.05. The van der Waals surface area contributed by atoms with Crippen LogP contribution in [0.3, 0.4) is 0 Å². The summed E-state index contributed by atoms with van der Waals surface area (Å²) in [7, 11) is 0. The lowest BCUT2D eigenvalue weighted by molar-refractivity contribution is 0.0711. The molecule has 0 spiro atoms. The molecule has 1 heterocycles. The van der Waals surface area contributed by atoms with Gasteiger partial charge in [-0.25, -0.2) is 10.3 Å². The quantitative estimate of drug-likeness (QED) is 0.419. The largest absolute Gasteiger partial charge is 0.334 e. The molecule has 0 aliphatic rings. The van der Waals surface area contributed by atoms with Gasteiger partial charge in [-0.3, -0.25) is 20.1 Å². The predicted octanol–water partition coefficient (Wildman–Crippen LogP) is 2.66. The van der Waals surface area contributed by atoms with Gasteiger partial charge in [0.1, 0.15) is 0 Å². The molecular weight excluding hydrogens is 354 g/mol. The zero-order valence-corrected chi connectivity index (χ0v) is 14.3. The van der Waals surface area contributed by atoms with Gasteiger partial charge in [0, 0.05) is 16.8 Å². The minimum absolute atomic E-state index is 0.223. The fourth-order valence-electron chi connectivity index (χ4n) is 2.36. The topological polar surface area (TPSA) is 108 Å². The minimum atomic E-state index is -0.593. The molecule has 3 rings (SSSR count). The number of hydrogen-bond donors (Lipinski definition) is 4. The second kappa shape index (κ2) is 7.77. The molecule has 0 unspecified atom stereocenters. The fourth-order valence-corrected chi connectivity index (χ4v) is 3.29. The van der Waals surface area contributed by atoms with E-state index in [9.17, 15) is 14.4 Å². The summed E-state index contributed by atoms with van der Waals surface area (Å²) in [6, 6.07) is 15.0. The second-order valence-electron chi connectivity index (χ2n) is 5.43. The van der Waals surface area contributed by atoms with Gasteiger partial charge in [0.25, 0.3) is 11.8 Å². The maximum atomic E-state index is 11.9. The predicted molar refractivity (Wildman–Crippen MR) is 97.2 cm³/mol. The maximum absolute atomic E-state index is 11.9. The van der Waals surface area contributed by atoms with Gasteiger partial charge < -0.3 is 5.32 Å². The van der Waals surface area contributed by atoms with Crippen molar-refractivity contribution < 1.29 is 19.6 Å². The molecule has 0 saturated heterocycles. The zero-order valence-electron chi connectivity index (χ0n) is 13.5. The molecule has 4 amide bonds. The molecule has 3 aromatic rings. The molecule has 0 fully saturated rings. The van der Waals surface area contributed by atoms with Crippen molar-refractivity contribution in [3.63, 3.8) is 0 Å². The molecule has 0 radical (unpaired) electrons. The van der Waals surface area contributed by atoms with Crippen LogP contribution in [-0.4, -0.2) is 23.1 Å². The van der Waals surface area contributed by atoms with E-state index in [0.29, 0.717) is 10.4 Å². The molecule has 4 N–H and O–H groups in total. The lowest BCUT2D eigenvalue weighted by Gasteiger charge is -2.07. The number of carbonyl (C=O) groups is 3. The Bertz CT molecular complexity index is 969. The van der Waals surface area contributed by atoms with Crippen LogP contribution < -0.4 is 16.1 Å². The standard InChI is InChI=1S/C18H15N3O4S/c22-16(12-4-2-1-3-5-12)20-18(24)19-10-11-6-7-14-13(8-11)9-15(26-14)17(23)21-25/h1-9,25H,10H2,(H,21,23)(H2,19,20,22,24). The van der Waals surface area contributed by atoms with E-state index in [1.165, 1.54) is 11.3 Å². The number of fused-ring (bicyclic) bond motifs is 1. The number of carbonyl (C=O) groups excluding carboxylic acids is 3. The minimum Gasteiger partial charge on any atom is -0.334 e. The van der Waals surface area contributed by atoms with Gasteiger partial charge >= 0.3 is 6.03 Å². The first-order valence-electron chi connectivity index (χ1n) is 7.68. The summed E-state index contributed by atoms with van der Waals surface area (Å²) in [4.78, 5) is 35.6. The molecule has 0 atom stereocenters. The van der Waals surface area contributed by atoms with Gasteiger partial charge in [0.2, 0.25) is 0 Å². The summed E-state index contributed by atoms with van der Waals surface area (Å²) < 4.78 is 0.885. The highest BCUT2D eigenvalue weighted by Crippen LogP contribution is 2.26. The Morgan fingerprint density at radius 2 is 1.73 bits per heavy atom. The van der Waals surface area contributed by atoms with Crippen LogP contribution in [0, 0.1) is 0 Å². The number of imide groups is 1. The number of nitrogens with one attached hydrogen (secondary N) is 3. The van der Waals surface area contributed by atoms with Crippen LogP contribution in [0.15, 0.2) is 54.6 Å². The van der Waals surface area contributed by atoms with Crippen LogP contribution in [0.25, 0.3) is 10.1 Å². The van der Waals surface area contributed by atoms with Gasteiger partial charge in [-0.2, -0.15) is 0 Å². The summed E-state index contributed by atoms with van der Waals surface area (Å²) >= 11 is 1.25. The monoisotopic (exact) mass is 369 g/mol. The van der Waals surface area contributed by atoms with E-state index in [4.69, 9.17) is 5.21 Å². The van der Waals surface area contributed by atoms with Gasteiger partial charge in [-0.1, -0.05) is 24.3 Å². The molecular formula is C18H15N3O4S. The van der Waals surface area contributed by atoms with Crippen molar-refractivity contribution in [2.75, 3.05) is 0 Å². The average molecular weight is 369 g/mol. The Morgan fingerprint density at radius 3 is 2.46 bits per heavy atom. The molecule has 0 aliphatic carbocycles. The van der Waals surface area contributed by atoms with E-state index in [1.807, 2.05) is 18.2 Å². The molecule has 7 nitrogen and oxygen atoms in total. The van der Waals surface area contributed by atoms with Crippen molar-refractivity contribution in [1.29, 1.82) is 0 Å². The molecule has 1 aromatic heterocycles. The third-order valence-corrected chi connectivity index (χ3v) is 4.74. The van der Waals surface area contributed by atoms with Crippen LogP contribution in [-0.2, 0) is 6.54 Å². The first-order valence-corrected chi connectivity index (χ1v) is 8.49. The Kier molecular flexibility index (Phi) is 5.26. The Balaban J connectivity index is 1.61. The SMILES string of the molecule is O=C(NCc1ccc2sc(C(=O)NO)cc2c1)NC(=O)c1ccccc1. The van der Waals surface area contributed by atoms with E-state index in [0.717, 1.165) is 15.6 Å². The second-order valence-corrected chi connectivity index (χ2v) is 6.51. The summed E-state index contributed by atoms with van der Waals surface area (Å²) in [6.07, 6.45) is 0. The average Bonchev–Trinajstić information content (AvgIpc) is 3.09. The summed E-state index contributed by atoms with van der Waals surface area (Å²) in [6.45, 7) is 0.223. The maximum Gasteiger partial charge on any atom is 0.321 e. The number of amides is 4. The molecule has 26 heavy (non-hydrogen) atoms. The van der Waals surface area contributed by atoms with Crippen molar-refractivity contribution in [2.24, 2.45) is 0 Å². The van der Waals surface area contributed by atoms with Crippen LogP contribution in [0.4, 0.5) is 4.79 Å². The molecule has 0 saturated carbocycles. The molecule has 132 valence electrons. The summed E-state index contributed by atoms with van der Waals surface area (Å²) in [5.41, 5.74) is 2.82. The number of hydrogen-bond acceptors (Lipinski definition) is 5. The van der Waals surface area contributed by atoms with Crippen molar-refractivity contribution in [1.82, 2.24) is 16.1 Å². The van der Waals surface area contributed by atoms with E-state index >= 15 is 0 Å². The molecule has 0 aliphatic heterocycles. The summed E-state index contributed by atoms with van der Waals surface area (Å²) in [5, 5.41) is 14.4. The highest BCUT2D eigenvalue weighted by Gasteiger charge is 2.11. The number of urea groups is 1. The summed E-state index contributed by atoms with van der Waals surface area (Å²) in [5.74, 6) is -1.04. The van der Waals surface area contributed by atoms with Crippen LogP contribution in [0.5, 0.6) is 0 Å². The Hall–Kier alpha value is -3.23. The fraction of sp³-hybridized carbons (Fsp3) is 0.0556. The van der Waals surface area contributed by atoms with E-state index in [2.05, 4.69) is 10.6 Å². The Morgan fingerprint density at radius 1 is 0.962 bits per heavy atom. The Labute approximate surface area is 152 Å².